The molecule has 2 aromatic rings. The Morgan fingerprint density at radius 1 is 1.39 bits per heavy atom. The van der Waals surface area contributed by atoms with E-state index in [9.17, 15) is 0 Å². The summed E-state index contributed by atoms with van der Waals surface area (Å²) in [6.45, 7) is 4.12. The first-order valence-electron chi connectivity index (χ1n) is 6.28. The normalized spacial score (nSPS) is 12.7. The Balaban J connectivity index is 2.38. The standard InChI is InChI=1S/C14H20N4/c1-5-12-8-13(18(4)17-12)14(15-3)11-7-6-10(2)16-9-11/h6-9,14-15H,5H2,1-4H3. The summed E-state index contributed by atoms with van der Waals surface area (Å²) in [6.07, 6.45) is 2.88. The molecule has 18 heavy (non-hydrogen) atoms. The Labute approximate surface area is 108 Å². The lowest BCUT2D eigenvalue weighted by Crippen LogP contribution is -2.20. The minimum atomic E-state index is 0.135. The molecule has 0 fully saturated rings. The molecule has 1 unspecified atom stereocenters. The molecule has 4 nitrogen and oxygen atoms in total. The van der Waals surface area contributed by atoms with Crippen molar-refractivity contribution in [1.29, 1.82) is 0 Å². The fourth-order valence-electron chi connectivity index (χ4n) is 2.12. The van der Waals surface area contributed by atoms with Crippen LogP contribution in [0.15, 0.2) is 24.4 Å². The van der Waals surface area contributed by atoms with E-state index in [1.54, 1.807) is 0 Å². The summed E-state index contributed by atoms with van der Waals surface area (Å²) in [5.41, 5.74) is 4.48. The van der Waals surface area contributed by atoms with Crippen molar-refractivity contribution in [3.05, 3.63) is 47.0 Å². The molecule has 1 atom stereocenters. The van der Waals surface area contributed by atoms with Gasteiger partial charge in [-0.3, -0.25) is 9.67 Å². The van der Waals surface area contributed by atoms with Crippen molar-refractivity contribution in [3.8, 4) is 0 Å². The molecule has 2 rings (SSSR count). The van der Waals surface area contributed by atoms with E-state index in [0.717, 1.165) is 23.4 Å². The molecule has 0 saturated heterocycles. The van der Waals surface area contributed by atoms with Crippen LogP contribution in [0.4, 0.5) is 0 Å². The third-order valence-corrected chi connectivity index (χ3v) is 3.18. The minimum Gasteiger partial charge on any atom is -0.308 e. The lowest BCUT2D eigenvalue weighted by molar-refractivity contribution is 0.602. The molecule has 0 bridgehead atoms. The maximum Gasteiger partial charge on any atom is 0.0760 e. The van der Waals surface area contributed by atoms with E-state index in [-0.39, 0.29) is 6.04 Å². The molecule has 2 heterocycles. The van der Waals surface area contributed by atoms with E-state index in [1.165, 1.54) is 5.69 Å². The second kappa shape index (κ2) is 5.31. The number of nitrogens with zero attached hydrogens (tertiary/aromatic N) is 3. The highest BCUT2D eigenvalue weighted by molar-refractivity contribution is 5.27. The van der Waals surface area contributed by atoms with Crippen LogP contribution in [-0.4, -0.2) is 21.8 Å². The fourth-order valence-corrected chi connectivity index (χ4v) is 2.12. The van der Waals surface area contributed by atoms with Crippen molar-refractivity contribution >= 4 is 0 Å². The van der Waals surface area contributed by atoms with Crippen LogP contribution < -0.4 is 5.32 Å². The van der Waals surface area contributed by atoms with E-state index in [2.05, 4.69) is 34.5 Å². The molecular formula is C14H20N4. The Hall–Kier alpha value is -1.68. The summed E-state index contributed by atoms with van der Waals surface area (Å²) < 4.78 is 1.94. The van der Waals surface area contributed by atoms with Crippen LogP contribution in [0.3, 0.4) is 0 Å². The van der Waals surface area contributed by atoms with Gasteiger partial charge in [0.25, 0.3) is 0 Å². The number of rotatable bonds is 4. The van der Waals surface area contributed by atoms with Crippen molar-refractivity contribution in [1.82, 2.24) is 20.1 Å². The van der Waals surface area contributed by atoms with Gasteiger partial charge in [-0.1, -0.05) is 13.0 Å². The number of pyridine rings is 1. The lowest BCUT2D eigenvalue weighted by atomic mass is 10.1. The summed E-state index contributed by atoms with van der Waals surface area (Å²) in [5.74, 6) is 0. The maximum atomic E-state index is 4.50. The quantitative estimate of drug-likeness (QED) is 0.894. The molecule has 96 valence electrons. The first-order chi connectivity index (χ1) is 8.65. The van der Waals surface area contributed by atoms with Crippen molar-refractivity contribution in [2.75, 3.05) is 7.05 Å². The summed E-state index contributed by atoms with van der Waals surface area (Å²) >= 11 is 0. The molecule has 0 aliphatic carbocycles. The van der Waals surface area contributed by atoms with Gasteiger partial charge < -0.3 is 5.32 Å². The molecule has 0 saturated carbocycles. The molecule has 0 aliphatic heterocycles. The average molecular weight is 244 g/mol. The van der Waals surface area contributed by atoms with Crippen molar-refractivity contribution in [2.24, 2.45) is 7.05 Å². The van der Waals surface area contributed by atoms with Crippen molar-refractivity contribution in [2.45, 2.75) is 26.3 Å². The van der Waals surface area contributed by atoms with Gasteiger partial charge in [0, 0.05) is 18.9 Å². The summed E-state index contributed by atoms with van der Waals surface area (Å²) in [4.78, 5) is 4.36. The Morgan fingerprint density at radius 2 is 2.17 bits per heavy atom. The third kappa shape index (κ3) is 2.43. The van der Waals surface area contributed by atoms with Crippen LogP contribution in [0, 0.1) is 6.92 Å². The SMILES string of the molecule is CCc1cc(C(NC)c2ccc(C)nc2)n(C)n1. The van der Waals surface area contributed by atoms with Gasteiger partial charge in [0.15, 0.2) is 0 Å². The average Bonchev–Trinajstić information content (AvgIpc) is 2.74. The number of aromatic nitrogens is 3. The topological polar surface area (TPSA) is 42.7 Å². The first-order valence-corrected chi connectivity index (χ1v) is 6.28. The second-order valence-corrected chi connectivity index (χ2v) is 4.49. The first kappa shape index (κ1) is 12.8. The van der Waals surface area contributed by atoms with Crippen LogP contribution in [0.25, 0.3) is 0 Å². The van der Waals surface area contributed by atoms with E-state index < -0.39 is 0 Å². The number of nitrogens with one attached hydrogen (secondary N) is 1. The largest absolute Gasteiger partial charge is 0.308 e. The second-order valence-electron chi connectivity index (χ2n) is 4.49. The van der Waals surface area contributed by atoms with E-state index in [1.807, 2.05) is 38.0 Å². The minimum absolute atomic E-state index is 0.135. The molecule has 0 radical (unpaired) electrons. The number of aryl methyl sites for hydroxylation is 3. The van der Waals surface area contributed by atoms with Crippen molar-refractivity contribution in [3.63, 3.8) is 0 Å². The smallest absolute Gasteiger partial charge is 0.0760 e. The van der Waals surface area contributed by atoms with Gasteiger partial charge in [0.2, 0.25) is 0 Å². The molecule has 1 N–H and O–H groups in total. The van der Waals surface area contributed by atoms with Gasteiger partial charge in [-0.05, 0) is 38.1 Å². The summed E-state index contributed by atoms with van der Waals surface area (Å²) in [7, 11) is 3.95. The molecule has 0 aliphatic rings. The van der Waals surface area contributed by atoms with Gasteiger partial charge in [0.05, 0.1) is 17.4 Å². The highest BCUT2D eigenvalue weighted by Crippen LogP contribution is 2.21. The van der Waals surface area contributed by atoms with E-state index >= 15 is 0 Å². The Bertz CT molecular complexity index is 513. The zero-order chi connectivity index (χ0) is 13.1. The van der Waals surface area contributed by atoms with Gasteiger partial charge >= 0.3 is 0 Å². The number of hydrogen-bond acceptors (Lipinski definition) is 3. The van der Waals surface area contributed by atoms with Crippen LogP contribution >= 0.6 is 0 Å². The highest BCUT2D eigenvalue weighted by Gasteiger charge is 2.17. The monoisotopic (exact) mass is 244 g/mol. The van der Waals surface area contributed by atoms with Crippen LogP contribution in [0.2, 0.25) is 0 Å². The Kier molecular flexibility index (Phi) is 3.77. The zero-order valence-corrected chi connectivity index (χ0v) is 11.4. The lowest BCUT2D eigenvalue weighted by Gasteiger charge is -2.16. The van der Waals surface area contributed by atoms with Crippen LogP contribution in [-0.2, 0) is 13.5 Å². The molecule has 0 amide bonds. The van der Waals surface area contributed by atoms with Gasteiger partial charge in [-0.15, -0.1) is 0 Å². The predicted octanol–water partition coefficient (Wildman–Crippen LogP) is 1.99. The van der Waals surface area contributed by atoms with Crippen LogP contribution in [0.1, 0.15) is 35.6 Å². The van der Waals surface area contributed by atoms with E-state index in [4.69, 9.17) is 0 Å². The summed E-state index contributed by atoms with van der Waals surface area (Å²) in [5, 5.41) is 7.83. The number of hydrogen-bond donors (Lipinski definition) is 1. The highest BCUT2D eigenvalue weighted by atomic mass is 15.3. The molecular weight excluding hydrogens is 224 g/mol. The van der Waals surface area contributed by atoms with Crippen molar-refractivity contribution < 1.29 is 0 Å². The zero-order valence-electron chi connectivity index (χ0n) is 11.4. The van der Waals surface area contributed by atoms with Gasteiger partial charge in [-0.2, -0.15) is 5.10 Å². The van der Waals surface area contributed by atoms with E-state index in [0.29, 0.717) is 0 Å². The molecule has 0 aromatic carbocycles. The third-order valence-electron chi connectivity index (χ3n) is 3.18. The predicted molar refractivity (Wildman–Crippen MR) is 72.5 cm³/mol. The Morgan fingerprint density at radius 3 is 2.67 bits per heavy atom. The summed E-state index contributed by atoms with van der Waals surface area (Å²) in [6, 6.07) is 6.44. The molecule has 0 spiro atoms. The fraction of sp³-hybridized carbons (Fsp3) is 0.429. The van der Waals surface area contributed by atoms with Crippen LogP contribution in [0.5, 0.6) is 0 Å². The van der Waals surface area contributed by atoms with Gasteiger partial charge in [-0.25, -0.2) is 0 Å². The van der Waals surface area contributed by atoms with Gasteiger partial charge in [0.1, 0.15) is 0 Å². The molecule has 4 heteroatoms. The molecule has 2 aromatic heterocycles. The maximum absolute atomic E-state index is 4.50.